The predicted molar refractivity (Wildman–Crippen MR) is 68.6 cm³/mol. The first-order chi connectivity index (χ1) is 8.26. The summed E-state index contributed by atoms with van der Waals surface area (Å²) in [6, 6.07) is 2.07. The summed E-state index contributed by atoms with van der Waals surface area (Å²) in [5, 5.41) is 0. The molecule has 1 heterocycles. The van der Waals surface area contributed by atoms with Gasteiger partial charge in [-0.3, -0.25) is 4.79 Å². The molecule has 5 heteroatoms. The van der Waals surface area contributed by atoms with Gasteiger partial charge in [0.2, 0.25) is 9.04 Å². The molecule has 0 amide bonds. The maximum Gasteiger partial charge on any atom is 0.292 e. The Balaban J connectivity index is 1.88. The molecule has 0 spiro atoms. The van der Waals surface area contributed by atoms with Gasteiger partial charge in [0, 0.05) is 13.0 Å². The SMILES string of the molecule is CC[SiH](CC)OC(=O)CCCCOCC1CO1. The van der Waals surface area contributed by atoms with Crippen LogP contribution in [-0.4, -0.2) is 40.9 Å². The monoisotopic (exact) mass is 260 g/mol. The lowest BCUT2D eigenvalue weighted by Crippen LogP contribution is -2.20. The Morgan fingerprint density at radius 2 is 2.06 bits per heavy atom. The number of hydrogen-bond donors (Lipinski definition) is 0. The van der Waals surface area contributed by atoms with Gasteiger partial charge < -0.3 is 13.9 Å². The Bertz CT molecular complexity index is 215. The van der Waals surface area contributed by atoms with Crippen molar-refractivity contribution in [3.05, 3.63) is 0 Å². The summed E-state index contributed by atoms with van der Waals surface area (Å²) in [7, 11) is -1.22. The second-order valence-electron chi connectivity index (χ2n) is 4.42. The lowest BCUT2D eigenvalue weighted by atomic mass is 10.2. The zero-order valence-electron chi connectivity index (χ0n) is 10.9. The fourth-order valence-electron chi connectivity index (χ4n) is 1.55. The van der Waals surface area contributed by atoms with Crippen LogP contribution in [0.15, 0.2) is 0 Å². The van der Waals surface area contributed by atoms with Crippen LogP contribution in [0.3, 0.4) is 0 Å². The van der Waals surface area contributed by atoms with E-state index in [1.54, 1.807) is 0 Å². The van der Waals surface area contributed by atoms with Gasteiger partial charge in [-0.05, 0) is 24.9 Å². The largest absolute Gasteiger partial charge is 0.522 e. The summed E-state index contributed by atoms with van der Waals surface area (Å²) in [4.78, 5) is 11.5. The first-order valence-corrected chi connectivity index (χ1v) is 8.75. The lowest BCUT2D eigenvalue weighted by Gasteiger charge is -2.12. The minimum Gasteiger partial charge on any atom is -0.522 e. The summed E-state index contributed by atoms with van der Waals surface area (Å²) in [6.07, 6.45) is 2.65. The summed E-state index contributed by atoms with van der Waals surface area (Å²) in [6.45, 7) is 6.45. The molecule has 0 radical (unpaired) electrons. The zero-order chi connectivity index (χ0) is 12.5. The summed E-state index contributed by atoms with van der Waals surface area (Å²) in [5.74, 6) is -0.0177. The molecule has 0 N–H and O–H groups in total. The average molecular weight is 260 g/mol. The molecule has 1 atom stereocenters. The molecule has 17 heavy (non-hydrogen) atoms. The maximum absolute atomic E-state index is 11.5. The molecule has 1 aliphatic heterocycles. The lowest BCUT2D eigenvalue weighted by molar-refractivity contribution is -0.135. The molecule has 100 valence electrons. The second kappa shape index (κ2) is 8.66. The third kappa shape index (κ3) is 7.52. The highest BCUT2D eigenvalue weighted by molar-refractivity contribution is 6.53. The van der Waals surface area contributed by atoms with Crippen molar-refractivity contribution >= 4 is 15.0 Å². The molecule has 1 fully saturated rings. The summed E-state index contributed by atoms with van der Waals surface area (Å²) < 4.78 is 15.9. The van der Waals surface area contributed by atoms with E-state index in [1.807, 2.05) is 0 Å². The van der Waals surface area contributed by atoms with Crippen LogP contribution in [0.2, 0.25) is 12.1 Å². The fraction of sp³-hybridized carbons (Fsp3) is 0.917. The van der Waals surface area contributed by atoms with Gasteiger partial charge in [0.05, 0.1) is 13.2 Å². The minimum atomic E-state index is -1.22. The second-order valence-corrected chi connectivity index (χ2v) is 7.53. The molecule has 0 aliphatic carbocycles. The smallest absolute Gasteiger partial charge is 0.292 e. The Hall–Kier alpha value is -0.393. The van der Waals surface area contributed by atoms with Crippen LogP contribution >= 0.6 is 0 Å². The van der Waals surface area contributed by atoms with E-state index >= 15 is 0 Å². The predicted octanol–water partition coefficient (Wildman–Crippen LogP) is 1.88. The van der Waals surface area contributed by atoms with Gasteiger partial charge in [0.15, 0.2) is 0 Å². The number of epoxide rings is 1. The van der Waals surface area contributed by atoms with E-state index in [0.717, 1.165) is 38.1 Å². The van der Waals surface area contributed by atoms with Gasteiger partial charge in [-0.2, -0.15) is 0 Å². The van der Waals surface area contributed by atoms with E-state index in [1.165, 1.54) is 0 Å². The van der Waals surface area contributed by atoms with Gasteiger partial charge in [-0.25, -0.2) is 0 Å². The van der Waals surface area contributed by atoms with Gasteiger partial charge in [0.25, 0.3) is 5.97 Å². The van der Waals surface area contributed by atoms with Crippen molar-refractivity contribution in [1.29, 1.82) is 0 Å². The van der Waals surface area contributed by atoms with E-state index in [2.05, 4.69) is 13.8 Å². The zero-order valence-corrected chi connectivity index (χ0v) is 12.1. The third-order valence-electron chi connectivity index (χ3n) is 2.83. The van der Waals surface area contributed by atoms with E-state index < -0.39 is 9.04 Å². The molecule has 1 saturated heterocycles. The number of unbranched alkanes of at least 4 members (excludes halogenated alkanes) is 1. The van der Waals surface area contributed by atoms with E-state index in [4.69, 9.17) is 13.9 Å². The van der Waals surface area contributed by atoms with E-state index in [0.29, 0.717) is 19.1 Å². The Kier molecular flexibility index (Phi) is 7.47. The van der Waals surface area contributed by atoms with Crippen LogP contribution in [0.25, 0.3) is 0 Å². The standard InChI is InChI=1S/C12H24O4Si/c1-3-17(4-2)16-12(13)7-5-6-8-14-9-11-10-15-11/h11,17H,3-10H2,1-2H3. The quantitative estimate of drug-likeness (QED) is 0.342. The van der Waals surface area contributed by atoms with Crippen LogP contribution in [-0.2, 0) is 18.7 Å². The molecular formula is C12H24O4Si. The van der Waals surface area contributed by atoms with E-state index in [9.17, 15) is 4.79 Å². The Morgan fingerprint density at radius 3 is 2.65 bits per heavy atom. The first-order valence-electron chi connectivity index (χ1n) is 6.65. The van der Waals surface area contributed by atoms with E-state index in [-0.39, 0.29) is 5.97 Å². The average Bonchev–Trinajstić information content (AvgIpc) is 3.14. The molecule has 1 aliphatic rings. The Morgan fingerprint density at radius 1 is 1.35 bits per heavy atom. The van der Waals surface area contributed by atoms with Crippen molar-refractivity contribution in [2.45, 2.75) is 51.3 Å². The first kappa shape index (κ1) is 14.7. The number of hydrogen-bond acceptors (Lipinski definition) is 4. The van der Waals surface area contributed by atoms with Crippen LogP contribution in [0.5, 0.6) is 0 Å². The number of carbonyl (C=O) groups excluding carboxylic acids is 1. The highest BCUT2D eigenvalue weighted by atomic mass is 28.3. The number of rotatable bonds is 10. The highest BCUT2D eigenvalue weighted by Gasteiger charge is 2.21. The van der Waals surface area contributed by atoms with Gasteiger partial charge >= 0.3 is 0 Å². The molecular weight excluding hydrogens is 236 g/mol. The molecule has 0 aromatic heterocycles. The van der Waals surface area contributed by atoms with Gasteiger partial charge in [-0.1, -0.05) is 13.8 Å². The minimum absolute atomic E-state index is 0.0177. The van der Waals surface area contributed by atoms with Gasteiger partial charge in [0.1, 0.15) is 6.10 Å². The summed E-state index contributed by atoms with van der Waals surface area (Å²) >= 11 is 0. The van der Waals surface area contributed by atoms with Crippen molar-refractivity contribution in [2.24, 2.45) is 0 Å². The molecule has 1 unspecified atom stereocenters. The molecule has 0 saturated carbocycles. The van der Waals surface area contributed by atoms with Crippen molar-refractivity contribution in [1.82, 2.24) is 0 Å². The van der Waals surface area contributed by atoms with Crippen LogP contribution in [0, 0.1) is 0 Å². The molecule has 0 bridgehead atoms. The third-order valence-corrected chi connectivity index (χ3v) is 5.25. The van der Waals surface area contributed by atoms with Crippen LogP contribution in [0.1, 0.15) is 33.1 Å². The Labute approximate surface area is 105 Å². The topological polar surface area (TPSA) is 48.1 Å². The number of carbonyl (C=O) groups is 1. The maximum atomic E-state index is 11.5. The van der Waals surface area contributed by atoms with Crippen LogP contribution < -0.4 is 0 Å². The molecule has 0 aromatic rings. The van der Waals surface area contributed by atoms with Gasteiger partial charge in [-0.15, -0.1) is 0 Å². The van der Waals surface area contributed by atoms with Crippen molar-refractivity contribution in [3.63, 3.8) is 0 Å². The van der Waals surface area contributed by atoms with Crippen molar-refractivity contribution < 1.29 is 18.7 Å². The van der Waals surface area contributed by atoms with Crippen molar-refractivity contribution in [3.8, 4) is 0 Å². The number of ether oxygens (including phenoxy) is 2. The van der Waals surface area contributed by atoms with Crippen molar-refractivity contribution in [2.75, 3.05) is 19.8 Å². The molecule has 1 rings (SSSR count). The fourth-order valence-corrected chi connectivity index (χ4v) is 2.95. The summed E-state index contributed by atoms with van der Waals surface area (Å²) in [5.41, 5.74) is 0. The van der Waals surface area contributed by atoms with Crippen LogP contribution in [0.4, 0.5) is 0 Å². The molecule has 0 aromatic carbocycles. The molecule has 4 nitrogen and oxygen atoms in total. The normalized spacial score (nSPS) is 18.4. The highest BCUT2D eigenvalue weighted by Crippen LogP contribution is 2.09.